The molecule has 0 aliphatic rings. The standard InChI is InChI=1S/C23H22N4O2S/c28-21(17-30-23-24-25-26-27(23)20-14-8-3-9-15-20)16-29-22(18-10-4-1-5-11-18)19-12-6-2-7-13-19/h1-15,21-22,28H,16-17H2/t21-/m0/s1. The van der Waals surface area contributed by atoms with E-state index in [1.165, 1.54) is 11.8 Å². The van der Waals surface area contributed by atoms with Crippen LogP contribution in [0.15, 0.2) is 96.2 Å². The molecule has 0 bridgehead atoms. The number of rotatable bonds is 9. The molecule has 30 heavy (non-hydrogen) atoms. The molecule has 0 spiro atoms. The molecule has 4 aromatic rings. The first kappa shape index (κ1) is 20.3. The molecule has 0 aliphatic carbocycles. The average Bonchev–Trinajstić information content (AvgIpc) is 3.29. The van der Waals surface area contributed by atoms with E-state index in [0.717, 1.165) is 16.8 Å². The summed E-state index contributed by atoms with van der Waals surface area (Å²) in [6.45, 7) is 0.203. The van der Waals surface area contributed by atoms with Crippen LogP contribution in [0.25, 0.3) is 5.69 Å². The first-order chi connectivity index (χ1) is 14.8. The maximum atomic E-state index is 10.5. The highest BCUT2D eigenvalue weighted by Crippen LogP contribution is 2.26. The van der Waals surface area contributed by atoms with Crippen LogP contribution >= 0.6 is 11.8 Å². The first-order valence-corrected chi connectivity index (χ1v) is 10.7. The van der Waals surface area contributed by atoms with Crippen LogP contribution in [0.1, 0.15) is 17.2 Å². The quantitative estimate of drug-likeness (QED) is 0.415. The highest BCUT2D eigenvalue weighted by molar-refractivity contribution is 7.99. The van der Waals surface area contributed by atoms with Gasteiger partial charge in [-0.1, -0.05) is 90.6 Å². The van der Waals surface area contributed by atoms with Crippen LogP contribution in [-0.4, -0.2) is 43.8 Å². The molecule has 1 N–H and O–H groups in total. The minimum atomic E-state index is -0.661. The zero-order valence-corrected chi connectivity index (χ0v) is 17.1. The van der Waals surface area contributed by atoms with Gasteiger partial charge < -0.3 is 9.84 Å². The molecule has 3 aromatic carbocycles. The Bertz CT molecular complexity index is 989. The number of benzene rings is 3. The van der Waals surface area contributed by atoms with Crippen molar-refractivity contribution in [2.45, 2.75) is 17.4 Å². The van der Waals surface area contributed by atoms with Crippen molar-refractivity contribution in [1.29, 1.82) is 0 Å². The summed E-state index contributed by atoms with van der Waals surface area (Å²) in [5.74, 6) is 0.420. The summed E-state index contributed by atoms with van der Waals surface area (Å²) >= 11 is 1.40. The molecule has 0 saturated heterocycles. The summed E-state index contributed by atoms with van der Waals surface area (Å²) in [4.78, 5) is 0. The lowest BCUT2D eigenvalue weighted by Crippen LogP contribution is -2.21. The van der Waals surface area contributed by atoms with E-state index in [0.29, 0.717) is 10.9 Å². The summed E-state index contributed by atoms with van der Waals surface area (Å²) in [6, 6.07) is 29.7. The molecular formula is C23H22N4O2S. The van der Waals surface area contributed by atoms with Crippen molar-refractivity contribution in [3.63, 3.8) is 0 Å². The summed E-state index contributed by atoms with van der Waals surface area (Å²) in [5.41, 5.74) is 2.98. The number of aromatic nitrogens is 4. The molecule has 6 nitrogen and oxygen atoms in total. The van der Waals surface area contributed by atoms with Gasteiger partial charge >= 0.3 is 0 Å². The fraction of sp³-hybridized carbons (Fsp3) is 0.174. The van der Waals surface area contributed by atoms with E-state index in [4.69, 9.17) is 4.74 Å². The lowest BCUT2D eigenvalue weighted by atomic mass is 10.0. The van der Waals surface area contributed by atoms with Crippen LogP contribution in [0, 0.1) is 0 Å². The van der Waals surface area contributed by atoms with Gasteiger partial charge in [0.15, 0.2) is 0 Å². The van der Waals surface area contributed by atoms with Crippen molar-refractivity contribution >= 4 is 11.8 Å². The third kappa shape index (κ3) is 5.13. The number of ether oxygens (including phenoxy) is 1. The van der Waals surface area contributed by atoms with E-state index < -0.39 is 6.10 Å². The molecule has 0 unspecified atom stereocenters. The molecule has 0 aliphatic heterocycles. The van der Waals surface area contributed by atoms with Crippen molar-refractivity contribution in [3.8, 4) is 5.69 Å². The molecule has 1 atom stereocenters. The van der Waals surface area contributed by atoms with Gasteiger partial charge in [0.2, 0.25) is 5.16 Å². The van der Waals surface area contributed by atoms with Crippen molar-refractivity contribution in [2.75, 3.05) is 12.4 Å². The smallest absolute Gasteiger partial charge is 0.214 e. The normalized spacial score (nSPS) is 12.2. The summed E-state index contributed by atoms with van der Waals surface area (Å²) < 4.78 is 7.80. The van der Waals surface area contributed by atoms with Crippen LogP contribution in [0.4, 0.5) is 0 Å². The molecule has 0 fully saturated rings. The Labute approximate surface area is 179 Å². The Morgan fingerprint density at radius 2 is 1.40 bits per heavy atom. The zero-order valence-electron chi connectivity index (χ0n) is 16.3. The maximum Gasteiger partial charge on any atom is 0.214 e. The third-order valence-corrected chi connectivity index (χ3v) is 5.57. The van der Waals surface area contributed by atoms with Gasteiger partial charge in [0.05, 0.1) is 18.4 Å². The van der Waals surface area contributed by atoms with E-state index in [2.05, 4.69) is 15.5 Å². The van der Waals surface area contributed by atoms with Gasteiger partial charge in [-0.15, -0.1) is 5.10 Å². The first-order valence-electron chi connectivity index (χ1n) is 9.67. The monoisotopic (exact) mass is 418 g/mol. The lowest BCUT2D eigenvalue weighted by Gasteiger charge is -2.21. The van der Waals surface area contributed by atoms with E-state index >= 15 is 0 Å². The minimum absolute atomic E-state index is 0.203. The number of nitrogens with zero attached hydrogens (tertiary/aromatic N) is 4. The molecule has 1 heterocycles. The Balaban J connectivity index is 1.38. The molecule has 7 heteroatoms. The van der Waals surface area contributed by atoms with Crippen LogP contribution in [0.2, 0.25) is 0 Å². The molecular weight excluding hydrogens is 396 g/mol. The SMILES string of the molecule is O[C@@H](COC(c1ccccc1)c1ccccc1)CSc1nnnn1-c1ccccc1. The van der Waals surface area contributed by atoms with Crippen molar-refractivity contribution in [2.24, 2.45) is 0 Å². The topological polar surface area (TPSA) is 73.1 Å². The van der Waals surface area contributed by atoms with Crippen molar-refractivity contribution in [3.05, 3.63) is 102 Å². The van der Waals surface area contributed by atoms with Crippen molar-refractivity contribution in [1.82, 2.24) is 20.2 Å². The minimum Gasteiger partial charge on any atom is -0.390 e. The summed E-state index contributed by atoms with van der Waals surface area (Å²) in [6.07, 6.45) is -0.896. The number of thioether (sulfide) groups is 1. The number of aliphatic hydroxyl groups excluding tert-OH is 1. The molecule has 0 amide bonds. The highest BCUT2D eigenvalue weighted by Gasteiger charge is 2.18. The van der Waals surface area contributed by atoms with Crippen LogP contribution in [-0.2, 0) is 4.74 Å². The average molecular weight is 419 g/mol. The number of aliphatic hydroxyl groups is 1. The molecule has 0 saturated carbocycles. The van der Waals surface area contributed by atoms with Crippen LogP contribution in [0.5, 0.6) is 0 Å². The van der Waals surface area contributed by atoms with Gasteiger partial charge in [-0.3, -0.25) is 0 Å². The Hall–Kier alpha value is -3.00. The Morgan fingerprint density at radius 3 is 2.00 bits per heavy atom. The predicted octanol–water partition coefficient (Wildman–Crippen LogP) is 3.92. The molecule has 4 rings (SSSR count). The predicted molar refractivity (Wildman–Crippen MR) is 117 cm³/mol. The second-order valence-electron chi connectivity index (χ2n) is 6.71. The second-order valence-corrected chi connectivity index (χ2v) is 7.70. The third-order valence-electron chi connectivity index (χ3n) is 4.51. The molecule has 152 valence electrons. The number of hydrogen-bond donors (Lipinski definition) is 1. The maximum absolute atomic E-state index is 10.5. The zero-order chi connectivity index (χ0) is 20.6. The summed E-state index contributed by atoms with van der Waals surface area (Å²) in [5, 5.41) is 23.0. The Kier molecular flexibility index (Phi) is 6.87. The molecule has 0 radical (unpaired) electrons. The van der Waals surface area contributed by atoms with Gasteiger partial charge in [0.1, 0.15) is 6.10 Å². The van der Waals surface area contributed by atoms with Crippen LogP contribution < -0.4 is 0 Å². The van der Waals surface area contributed by atoms with Crippen molar-refractivity contribution < 1.29 is 9.84 Å². The van der Waals surface area contributed by atoms with Crippen LogP contribution in [0.3, 0.4) is 0 Å². The van der Waals surface area contributed by atoms with Gasteiger partial charge in [-0.2, -0.15) is 4.68 Å². The number of para-hydroxylation sites is 1. The van der Waals surface area contributed by atoms with E-state index in [1.54, 1.807) is 4.68 Å². The van der Waals surface area contributed by atoms with Gasteiger partial charge in [-0.05, 0) is 33.7 Å². The number of hydrogen-bond acceptors (Lipinski definition) is 6. The summed E-state index contributed by atoms with van der Waals surface area (Å²) in [7, 11) is 0. The number of tetrazole rings is 1. The van der Waals surface area contributed by atoms with Gasteiger partial charge in [-0.25, -0.2) is 0 Å². The largest absolute Gasteiger partial charge is 0.390 e. The highest BCUT2D eigenvalue weighted by atomic mass is 32.2. The molecule has 1 aromatic heterocycles. The second kappa shape index (κ2) is 10.2. The van der Waals surface area contributed by atoms with Gasteiger partial charge in [0, 0.05) is 5.75 Å². The van der Waals surface area contributed by atoms with E-state index in [-0.39, 0.29) is 12.7 Å². The fourth-order valence-corrected chi connectivity index (χ4v) is 3.86. The fourth-order valence-electron chi connectivity index (χ4n) is 3.07. The Morgan fingerprint density at radius 1 is 0.833 bits per heavy atom. The van der Waals surface area contributed by atoms with E-state index in [9.17, 15) is 5.11 Å². The van der Waals surface area contributed by atoms with E-state index in [1.807, 2.05) is 91.0 Å². The van der Waals surface area contributed by atoms with Gasteiger partial charge in [0.25, 0.3) is 0 Å². The lowest BCUT2D eigenvalue weighted by molar-refractivity contribution is 0.0155.